The zero-order chi connectivity index (χ0) is 14.1. The minimum absolute atomic E-state index is 0.398. The monoisotopic (exact) mass is 273 g/mol. The van der Waals surface area contributed by atoms with Gasteiger partial charge in [0.2, 0.25) is 0 Å². The molecule has 2 aliphatic rings. The molecule has 1 aliphatic carbocycles. The number of aromatic carboxylic acids is 1. The number of carboxylic acid groups (broad SMARTS) is 1. The Morgan fingerprint density at radius 3 is 2.95 bits per heavy atom. The van der Waals surface area contributed by atoms with E-state index >= 15 is 0 Å². The second kappa shape index (κ2) is 5.57. The zero-order valence-corrected chi connectivity index (χ0v) is 12.1. The third-order valence-corrected chi connectivity index (χ3v) is 5.04. The molecule has 3 nitrogen and oxygen atoms in total. The van der Waals surface area contributed by atoms with E-state index in [4.69, 9.17) is 5.11 Å². The number of fused-ring (bicyclic) bond motifs is 1. The first-order valence-corrected chi connectivity index (χ1v) is 7.73. The molecule has 20 heavy (non-hydrogen) atoms. The summed E-state index contributed by atoms with van der Waals surface area (Å²) < 4.78 is 0. The number of hydrogen-bond donors (Lipinski definition) is 1. The van der Waals surface area contributed by atoms with E-state index in [2.05, 4.69) is 17.9 Å². The fourth-order valence-electron chi connectivity index (χ4n) is 4.09. The Labute approximate surface area is 120 Å². The Balaban J connectivity index is 1.76. The van der Waals surface area contributed by atoms with Gasteiger partial charge in [-0.05, 0) is 49.8 Å². The number of rotatable bonds is 3. The summed E-state index contributed by atoms with van der Waals surface area (Å²) in [6.45, 7) is 3.21. The number of likely N-dealkylation sites (tertiary alicyclic amines) is 1. The summed E-state index contributed by atoms with van der Waals surface area (Å²) in [4.78, 5) is 13.7. The first-order valence-electron chi connectivity index (χ1n) is 7.73. The summed E-state index contributed by atoms with van der Waals surface area (Å²) in [5, 5.41) is 9.10. The largest absolute Gasteiger partial charge is 0.478 e. The van der Waals surface area contributed by atoms with E-state index in [1.807, 2.05) is 12.1 Å². The molecule has 3 heteroatoms. The fraction of sp³-hybridized carbons (Fsp3) is 0.588. The van der Waals surface area contributed by atoms with Gasteiger partial charge < -0.3 is 5.11 Å². The number of carboxylic acids is 1. The molecule has 0 radical (unpaired) electrons. The highest BCUT2D eigenvalue weighted by Crippen LogP contribution is 2.40. The Bertz CT molecular complexity index is 500. The molecule has 1 saturated heterocycles. The van der Waals surface area contributed by atoms with Crippen LogP contribution in [0.3, 0.4) is 0 Å². The Morgan fingerprint density at radius 2 is 2.15 bits per heavy atom. The van der Waals surface area contributed by atoms with Crippen molar-refractivity contribution in [2.24, 2.45) is 5.92 Å². The standard InChI is InChI=1S/C17H23NO2/c1-12-9-14-6-2-3-8-16(14)18(12)11-13-5-4-7-15(10-13)17(19)20/h4-5,7,10,12,14,16H,2-3,6,8-9,11H2,1H3,(H,19,20). The lowest BCUT2D eigenvalue weighted by Crippen LogP contribution is -2.37. The van der Waals surface area contributed by atoms with Crippen LogP contribution < -0.4 is 0 Å². The van der Waals surface area contributed by atoms with Crippen molar-refractivity contribution in [2.75, 3.05) is 0 Å². The molecular weight excluding hydrogens is 250 g/mol. The van der Waals surface area contributed by atoms with Crippen LogP contribution in [0.25, 0.3) is 0 Å². The van der Waals surface area contributed by atoms with E-state index in [-0.39, 0.29) is 0 Å². The van der Waals surface area contributed by atoms with E-state index in [0.29, 0.717) is 17.6 Å². The van der Waals surface area contributed by atoms with Gasteiger partial charge in [0.1, 0.15) is 0 Å². The highest BCUT2D eigenvalue weighted by atomic mass is 16.4. The van der Waals surface area contributed by atoms with Gasteiger partial charge in [-0.25, -0.2) is 4.79 Å². The van der Waals surface area contributed by atoms with Crippen LogP contribution in [0.2, 0.25) is 0 Å². The zero-order valence-electron chi connectivity index (χ0n) is 12.1. The molecule has 1 aliphatic heterocycles. The van der Waals surface area contributed by atoms with Gasteiger partial charge in [0.05, 0.1) is 5.56 Å². The number of benzene rings is 1. The van der Waals surface area contributed by atoms with Gasteiger partial charge in [0, 0.05) is 18.6 Å². The molecule has 1 aromatic carbocycles. The maximum Gasteiger partial charge on any atom is 0.335 e. The maximum absolute atomic E-state index is 11.1. The van der Waals surface area contributed by atoms with Gasteiger partial charge in [-0.3, -0.25) is 4.90 Å². The molecule has 0 spiro atoms. The van der Waals surface area contributed by atoms with Crippen LogP contribution in [-0.4, -0.2) is 28.1 Å². The predicted octanol–water partition coefficient (Wildman–Crippen LogP) is 3.54. The number of hydrogen-bond acceptors (Lipinski definition) is 2. The number of nitrogens with zero attached hydrogens (tertiary/aromatic N) is 1. The lowest BCUT2D eigenvalue weighted by Gasteiger charge is -2.33. The van der Waals surface area contributed by atoms with Crippen molar-refractivity contribution in [3.63, 3.8) is 0 Å². The van der Waals surface area contributed by atoms with Crippen LogP contribution in [0, 0.1) is 5.92 Å². The summed E-state index contributed by atoms with van der Waals surface area (Å²) >= 11 is 0. The van der Waals surface area contributed by atoms with Crippen molar-refractivity contribution in [1.82, 2.24) is 4.90 Å². The highest BCUT2D eigenvalue weighted by Gasteiger charge is 2.39. The van der Waals surface area contributed by atoms with E-state index in [1.165, 1.54) is 32.1 Å². The summed E-state index contributed by atoms with van der Waals surface area (Å²) in [5.41, 5.74) is 1.53. The lowest BCUT2D eigenvalue weighted by atomic mass is 9.85. The van der Waals surface area contributed by atoms with Crippen molar-refractivity contribution in [3.8, 4) is 0 Å². The van der Waals surface area contributed by atoms with E-state index in [1.54, 1.807) is 6.07 Å². The topological polar surface area (TPSA) is 40.5 Å². The van der Waals surface area contributed by atoms with Crippen LogP contribution in [0.1, 0.15) is 54.9 Å². The van der Waals surface area contributed by atoms with Crippen LogP contribution >= 0.6 is 0 Å². The average Bonchev–Trinajstić information content (AvgIpc) is 2.76. The maximum atomic E-state index is 11.1. The molecule has 0 bridgehead atoms. The SMILES string of the molecule is CC1CC2CCCCC2N1Cc1cccc(C(=O)O)c1. The van der Waals surface area contributed by atoms with E-state index < -0.39 is 5.97 Å². The predicted molar refractivity (Wildman–Crippen MR) is 78.8 cm³/mol. The number of carbonyl (C=O) groups is 1. The summed E-state index contributed by atoms with van der Waals surface area (Å²) in [6.07, 6.45) is 6.73. The molecule has 2 fully saturated rings. The second-order valence-electron chi connectivity index (χ2n) is 6.37. The van der Waals surface area contributed by atoms with Crippen LogP contribution in [0.15, 0.2) is 24.3 Å². The highest BCUT2D eigenvalue weighted by molar-refractivity contribution is 5.87. The molecule has 1 N–H and O–H groups in total. The van der Waals surface area contributed by atoms with Crippen LogP contribution in [-0.2, 0) is 6.54 Å². The van der Waals surface area contributed by atoms with Crippen LogP contribution in [0.5, 0.6) is 0 Å². The molecule has 3 unspecified atom stereocenters. The van der Waals surface area contributed by atoms with Crippen molar-refractivity contribution in [1.29, 1.82) is 0 Å². The molecule has 1 heterocycles. The van der Waals surface area contributed by atoms with Gasteiger partial charge in [0.25, 0.3) is 0 Å². The van der Waals surface area contributed by atoms with Gasteiger partial charge in [-0.15, -0.1) is 0 Å². The Morgan fingerprint density at radius 1 is 1.35 bits per heavy atom. The Kier molecular flexibility index (Phi) is 3.79. The van der Waals surface area contributed by atoms with E-state index in [9.17, 15) is 4.79 Å². The fourth-order valence-corrected chi connectivity index (χ4v) is 4.09. The second-order valence-corrected chi connectivity index (χ2v) is 6.37. The van der Waals surface area contributed by atoms with Crippen LogP contribution in [0.4, 0.5) is 0 Å². The van der Waals surface area contributed by atoms with Gasteiger partial charge >= 0.3 is 5.97 Å². The van der Waals surface area contributed by atoms with Crippen molar-refractivity contribution in [2.45, 2.75) is 57.7 Å². The summed E-state index contributed by atoms with van der Waals surface area (Å²) in [5.74, 6) is 0.0262. The quantitative estimate of drug-likeness (QED) is 0.915. The smallest absolute Gasteiger partial charge is 0.335 e. The van der Waals surface area contributed by atoms with Crippen molar-refractivity contribution < 1.29 is 9.90 Å². The van der Waals surface area contributed by atoms with Gasteiger partial charge in [-0.2, -0.15) is 0 Å². The van der Waals surface area contributed by atoms with Crippen molar-refractivity contribution in [3.05, 3.63) is 35.4 Å². The molecular formula is C17H23NO2. The molecule has 0 aromatic heterocycles. The third-order valence-electron chi connectivity index (χ3n) is 5.04. The minimum atomic E-state index is -0.836. The third kappa shape index (κ3) is 2.59. The Hall–Kier alpha value is -1.35. The first-order chi connectivity index (χ1) is 9.65. The molecule has 1 aromatic rings. The normalized spacial score (nSPS) is 30.1. The molecule has 3 atom stereocenters. The lowest BCUT2D eigenvalue weighted by molar-refractivity contribution is 0.0696. The summed E-state index contributed by atoms with van der Waals surface area (Å²) in [6, 6.07) is 8.74. The molecule has 1 saturated carbocycles. The first kappa shape index (κ1) is 13.6. The van der Waals surface area contributed by atoms with Crippen molar-refractivity contribution >= 4 is 5.97 Å². The average molecular weight is 273 g/mol. The van der Waals surface area contributed by atoms with Gasteiger partial charge in [0.15, 0.2) is 0 Å². The molecule has 108 valence electrons. The minimum Gasteiger partial charge on any atom is -0.478 e. The summed E-state index contributed by atoms with van der Waals surface area (Å²) in [7, 11) is 0. The van der Waals surface area contributed by atoms with Gasteiger partial charge in [-0.1, -0.05) is 25.0 Å². The molecule has 3 rings (SSSR count). The molecule has 0 amide bonds. The van der Waals surface area contributed by atoms with E-state index in [0.717, 1.165) is 18.0 Å².